The highest BCUT2D eigenvalue weighted by Gasteiger charge is 2.41. The molecule has 0 unspecified atom stereocenters. The SMILES string of the molecule is O=C(Cc1ccc(F)c(F)c1)NCC1(CBr)CC1. The molecule has 1 amide bonds. The number of carbonyl (C=O) groups is 1. The lowest BCUT2D eigenvalue weighted by molar-refractivity contribution is -0.120. The maximum absolute atomic E-state index is 13.0. The van der Waals surface area contributed by atoms with E-state index in [1.807, 2.05) is 0 Å². The van der Waals surface area contributed by atoms with Crippen molar-refractivity contribution in [2.45, 2.75) is 19.3 Å². The Morgan fingerprint density at radius 2 is 2.06 bits per heavy atom. The zero-order valence-electron chi connectivity index (χ0n) is 9.81. The van der Waals surface area contributed by atoms with E-state index in [1.54, 1.807) is 0 Å². The molecule has 0 aliphatic heterocycles. The van der Waals surface area contributed by atoms with E-state index in [0.29, 0.717) is 12.1 Å². The summed E-state index contributed by atoms with van der Waals surface area (Å²) in [7, 11) is 0. The van der Waals surface area contributed by atoms with E-state index in [0.717, 1.165) is 30.3 Å². The van der Waals surface area contributed by atoms with Gasteiger partial charge in [0.05, 0.1) is 6.42 Å². The lowest BCUT2D eigenvalue weighted by Gasteiger charge is -2.12. The van der Waals surface area contributed by atoms with Crippen molar-refractivity contribution in [3.05, 3.63) is 35.4 Å². The monoisotopic (exact) mass is 317 g/mol. The molecule has 0 atom stereocenters. The molecule has 1 aliphatic carbocycles. The van der Waals surface area contributed by atoms with Gasteiger partial charge in [0, 0.05) is 11.9 Å². The molecule has 1 N–H and O–H groups in total. The molecule has 1 aromatic rings. The average molecular weight is 318 g/mol. The Bertz CT molecular complexity index is 460. The van der Waals surface area contributed by atoms with Crippen molar-refractivity contribution < 1.29 is 13.6 Å². The molecule has 18 heavy (non-hydrogen) atoms. The van der Waals surface area contributed by atoms with Gasteiger partial charge in [0.25, 0.3) is 0 Å². The van der Waals surface area contributed by atoms with Crippen LogP contribution in [0.1, 0.15) is 18.4 Å². The molecule has 1 saturated carbocycles. The molecular weight excluding hydrogens is 304 g/mol. The fraction of sp³-hybridized carbons (Fsp3) is 0.462. The summed E-state index contributed by atoms with van der Waals surface area (Å²) in [6.45, 7) is 0.640. The number of hydrogen-bond donors (Lipinski definition) is 1. The lowest BCUT2D eigenvalue weighted by Crippen LogP contribution is -2.32. The smallest absolute Gasteiger partial charge is 0.224 e. The van der Waals surface area contributed by atoms with Crippen molar-refractivity contribution in [2.24, 2.45) is 5.41 Å². The lowest BCUT2D eigenvalue weighted by atomic mass is 10.1. The highest BCUT2D eigenvalue weighted by Crippen LogP contribution is 2.46. The Labute approximate surface area is 113 Å². The number of alkyl halides is 1. The van der Waals surface area contributed by atoms with E-state index in [-0.39, 0.29) is 17.7 Å². The van der Waals surface area contributed by atoms with Gasteiger partial charge in [-0.05, 0) is 36.0 Å². The van der Waals surface area contributed by atoms with Crippen LogP contribution in [0.25, 0.3) is 0 Å². The summed E-state index contributed by atoms with van der Waals surface area (Å²) in [5.74, 6) is -1.97. The molecule has 2 rings (SSSR count). The minimum absolute atomic E-state index is 0.0789. The average Bonchev–Trinajstić information content (AvgIpc) is 3.12. The number of halogens is 3. The number of rotatable bonds is 5. The minimum Gasteiger partial charge on any atom is -0.355 e. The first kappa shape index (κ1) is 13.5. The quantitative estimate of drug-likeness (QED) is 0.831. The van der Waals surface area contributed by atoms with Gasteiger partial charge in [-0.25, -0.2) is 8.78 Å². The summed E-state index contributed by atoms with van der Waals surface area (Å²) in [5, 5.41) is 3.71. The molecular formula is C13H14BrF2NO. The Balaban J connectivity index is 1.85. The van der Waals surface area contributed by atoms with Crippen LogP contribution in [-0.2, 0) is 11.2 Å². The van der Waals surface area contributed by atoms with Crippen molar-refractivity contribution in [3.63, 3.8) is 0 Å². The third-order valence-electron chi connectivity index (χ3n) is 3.25. The fourth-order valence-electron chi connectivity index (χ4n) is 1.72. The van der Waals surface area contributed by atoms with E-state index in [9.17, 15) is 13.6 Å². The summed E-state index contributed by atoms with van der Waals surface area (Å²) in [4.78, 5) is 11.7. The van der Waals surface area contributed by atoms with Crippen LogP contribution in [0.2, 0.25) is 0 Å². The van der Waals surface area contributed by atoms with Crippen LogP contribution in [0.4, 0.5) is 8.78 Å². The van der Waals surface area contributed by atoms with Gasteiger partial charge in [0.2, 0.25) is 5.91 Å². The highest BCUT2D eigenvalue weighted by atomic mass is 79.9. The first-order chi connectivity index (χ1) is 8.54. The number of hydrogen-bond acceptors (Lipinski definition) is 1. The van der Waals surface area contributed by atoms with Crippen molar-refractivity contribution in [1.82, 2.24) is 5.32 Å². The molecule has 2 nitrogen and oxygen atoms in total. The van der Waals surface area contributed by atoms with E-state index < -0.39 is 11.6 Å². The van der Waals surface area contributed by atoms with Crippen LogP contribution in [0.5, 0.6) is 0 Å². The normalized spacial score (nSPS) is 16.4. The van der Waals surface area contributed by atoms with Gasteiger partial charge >= 0.3 is 0 Å². The molecule has 1 fully saturated rings. The van der Waals surface area contributed by atoms with Crippen LogP contribution >= 0.6 is 15.9 Å². The van der Waals surface area contributed by atoms with Crippen molar-refractivity contribution >= 4 is 21.8 Å². The second-order valence-electron chi connectivity index (χ2n) is 4.84. The van der Waals surface area contributed by atoms with Crippen molar-refractivity contribution in [3.8, 4) is 0 Å². The first-order valence-corrected chi connectivity index (χ1v) is 6.93. The molecule has 1 aliphatic rings. The zero-order valence-corrected chi connectivity index (χ0v) is 11.4. The van der Waals surface area contributed by atoms with Crippen LogP contribution in [0.15, 0.2) is 18.2 Å². The largest absolute Gasteiger partial charge is 0.355 e. The molecule has 98 valence electrons. The van der Waals surface area contributed by atoms with E-state index in [4.69, 9.17) is 0 Å². The summed E-state index contributed by atoms with van der Waals surface area (Å²) < 4.78 is 25.7. The minimum atomic E-state index is -0.917. The second kappa shape index (κ2) is 5.34. The van der Waals surface area contributed by atoms with E-state index in [1.165, 1.54) is 6.07 Å². The molecule has 0 heterocycles. The van der Waals surface area contributed by atoms with Gasteiger partial charge in [-0.15, -0.1) is 0 Å². The third kappa shape index (κ3) is 3.28. The molecule has 0 bridgehead atoms. The van der Waals surface area contributed by atoms with Crippen LogP contribution in [0, 0.1) is 17.0 Å². The summed E-state index contributed by atoms with van der Waals surface area (Å²) >= 11 is 3.43. The van der Waals surface area contributed by atoms with Gasteiger partial charge in [0.1, 0.15) is 0 Å². The standard InChI is InChI=1S/C13H14BrF2NO/c14-7-13(3-4-13)8-17-12(18)6-9-1-2-10(15)11(16)5-9/h1-2,5H,3-4,6-8H2,(H,17,18). The zero-order chi connectivity index (χ0) is 13.2. The predicted octanol–water partition coefficient (Wildman–Crippen LogP) is 2.80. The highest BCUT2D eigenvalue weighted by molar-refractivity contribution is 9.09. The Hall–Kier alpha value is -0.970. The molecule has 5 heteroatoms. The Kier molecular flexibility index (Phi) is 4.00. The van der Waals surface area contributed by atoms with Crippen LogP contribution in [0.3, 0.4) is 0 Å². The predicted molar refractivity (Wildman–Crippen MR) is 68.5 cm³/mol. The van der Waals surface area contributed by atoms with Gasteiger partial charge < -0.3 is 5.32 Å². The third-order valence-corrected chi connectivity index (χ3v) is 4.44. The molecule has 0 spiro atoms. The fourth-order valence-corrected chi connectivity index (χ4v) is 2.48. The number of amides is 1. The number of nitrogens with one attached hydrogen (secondary N) is 1. The summed E-state index contributed by atoms with van der Waals surface area (Å²) in [5.41, 5.74) is 0.694. The second-order valence-corrected chi connectivity index (χ2v) is 5.40. The van der Waals surface area contributed by atoms with Crippen LogP contribution in [-0.4, -0.2) is 17.8 Å². The molecule has 1 aromatic carbocycles. The summed E-state index contributed by atoms with van der Waals surface area (Å²) in [6, 6.07) is 3.53. The Morgan fingerprint density at radius 1 is 1.33 bits per heavy atom. The van der Waals surface area contributed by atoms with E-state index in [2.05, 4.69) is 21.2 Å². The van der Waals surface area contributed by atoms with Crippen molar-refractivity contribution in [2.75, 3.05) is 11.9 Å². The Morgan fingerprint density at radius 3 is 2.61 bits per heavy atom. The maximum atomic E-state index is 13.0. The van der Waals surface area contributed by atoms with E-state index >= 15 is 0 Å². The van der Waals surface area contributed by atoms with Gasteiger partial charge in [-0.3, -0.25) is 4.79 Å². The van der Waals surface area contributed by atoms with Crippen LogP contribution < -0.4 is 5.32 Å². The first-order valence-electron chi connectivity index (χ1n) is 5.81. The summed E-state index contributed by atoms with van der Waals surface area (Å²) in [6.07, 6.45) is 2.31. The number of benzene rings is 1. The van der Waals surface area contributed by atoms with Crippen molar-refractivity contribution in [1.29, 1.82) is 0 Å². The maximum Gasteiger partial charge on any atom is 0.224 e. The molecule has 0 radical (unpaired) electrons. The van der Waals surface area contributed by atoms with Gasteiger partial charge in [-0.2, -0.15) is 0 Å². The topological polar surface area (TPSA) is 29.1 Å². The van der Waals surface area contributed by atoms with Gasteiger partial charge in [-0.1, -0.05) is 22.0 Å². The number of carbonyl (C=O) groups excluding carboxylic acids is 1. The molecule has 0 saturated heterocycles. The van der Waals surface area contributed by atoms with Gasteiger partial charge in [0.15, 0.2) is 11.6 Å². The molecule has 0 aromatic heterocycles.